The van der Waals surface area contributed by atoms with E-state index in [1.165, 1.54) is 48.7 Å². The zero-order valence-corrected chi connectivity index (χ0v) is 18.6. The quantitative estimate of drug-likeness (QED) is 0.613. The molecule has 0 bridgehead atoms. The van der Waals surface area contributed by atoms with Crippen LogP contribution in [-0.4, -0.2) is 80.9 Å². The average molecular weight is 469 g/mol. The van der Waals surface area contributed by atoms with Crippen molar-refractivity contribution < 1.29 is 28.6 Å². The second kappa shape index (κ2) is 9.68. The van der Waals surface area contributed by atoms with Crippen molar-refractivity contribution in [3.05, 3.63) is 42.0 Å². The van der Waals surface area contributed by atoms with Crippen molar-refractivity contribution in [2.45, 2.75) is 31.5 Å². The van der Waals surface area contributed by atoms with Crippen molar-refractivity contribution in [3.63, 3.8) is 0 Å². The number of primary amides is 1. The lowest BCUT2D eigenvalue weighted by molar-refractivity contribution is -0.135. The number of esters is 1. The van der Waals surface area contributed by atoms with E-state index in [1.54, 1.807) is 6.07 Å². The Bertz CT molecular complexity index is 1130. The van der Waals surface area contributed by atoms with Crippen molar-refractivity contribution >= 4 is 23.6 Å². The van der Waals surface area contributed by atoms with E-state index in [4.69, 9.17) is 19.9 Å². The molecule has 1 fully saturated rings. The highest BCUT2D eigenvalue weighted by Gasteiger charge is 2.45. The van der Waals surface area contributed by atoms with Crippen molar-refractivity contribution in [1.82, 2.24) is 30.0 Å². The molecule has 13 nitrogen and oxygen atoms in total. The number of nitrogens with two attached hydrogens (primary N) is 1. The number of urea groups is 1. The molecular weight excluding hydrogens is 446 g/mol. The summed E-state index contributed by atoms with van der Waals surface area (Å²) in [6.07, 6.45) is 3.94. The van der Waals surface area contributed by atoms with Crippen LogP contribution in [-0.2, 0) is 9.53 Å². The molecule has 13 heteroatoms. The van der Waals surface area contributed by atoms with Gasteiger partial charge in [-0.2, -0.15) is 0 Å². The Labute approximate surface area is 194 Å². The highest BCUT2D eigenvalue weighted by molar-refractivity contribution is 6.00. The molecule has 2 aromatic rings. The third kappa shape index (κ3) is 4.31. The largest absolute Gasteiger partial charge is 0.480 e. The van der Waals surface area contributed by atoms with Crippen LogP contribution in [0.3, 0.4) is 0 Å². The first kappa shape index (κ1) is 22.9. The molecule has 0 aromatic carbocycles. The summed E-state index contributed by atoms with van der Waals surface area (Å²) in [6.45, 7) is 0.364. The number of carbonyl (C=O) groups excluding carboxylic acids is 3. The molecule has 0 saturated carbocycles. The highest BCUT2D eigenvalue weighted by Crippen LogP contribution is 2.33. The van der Waals surface area contributed by atoms with Gasteiger partial charge in [-0.15, -0.1) is 10.2 Å². The van der Waals surface area contributed by atoms with Crippen LogP contribution in [0.15, 0.2) is 30.7 Å². The maximum Gasteiger partial charge on any atom is 0.344 e. The normalized spacial score (nSPS) is 20.1. The van der Waals surface area contributed by atoms with E-state index in [9.17, 15) is 14.4 Å². The fourth-order valence-electron chi connectivity index (χ4n) is 4.04. The van der Waals surface area contributed by atoms with E-state index >= 15 is 0 Å². The van der Waals surface area contributed by atoms with Gasteiger partial charge in [-0.05, 0) is 25.3 Å². The molecule has 4 heterocycles. The number of hydrogen-bond donors (Lipinski definition) is 1. The first-order valence-corrected chi connectivity index (χ1v) is 10.5. The second-order valence-corrected chi connectivity index (χ2v) is 7.53. The van der Waals surface area contributed by atoms with Crippen LogP contribution in [0.25, 0.3) is 5.70 Å². The Morgan fingerprint density at radius 2 is 2.00 bits per heavy atom. The first-order valence-electron chi connectivity index (χ1n) is 10.5. The Kier molecular flexibility index (Phi) is 6.52. The van der Waals surface area contributed by atoms with Crippen molar-refractivity contribution in [2.75, 3.05) is 20.8 Å². The lowest BCUT2D eigenvalue weighted by atomic mass is 10.1. The molecule has 2 aliphatic rings. The van der Waals surface area contributed by atoms with Crippen LogP contribution in [0.4, 0.5) is 4.79 Å². The van der Waals surface area contributed by atoms with Crippen LogP contribution < -0.4 is 15.2 Å². The molecular formula is C21H23N7O6. The zero-order chi connectivity index (χ0) is 24.2. The molecule has 0 spiro atoms. The molecule has 3 amide bonds. The summed E-state index contributed by atoms with van der Waals surface area (Å²) in [4.78, 5) is 49.6. The number of carbonyl (C=O) groups is 3. The fraction of sp³-hybridized carbons (Fsp3) is 0.381. The van der Waals surface area contributed by atoms with Crippen molar-refractivity contribution in [3.8, 4) is 11.8 Å². The van der Waals surface area contributed by atoms with E-state index in [-0.39, 0.29) is 28.9 Å². The molecule has 1 saturated heterocycles. The molecule has 2 N–H and O–H groups in total. The number of hydrogen-bond acceptors (Lipinski definition) is 10. The van der Waals surface area contributed by atoms with E-state index in [0.29, 0.717) is 31.5 Å². The summed E-state index contributed by atoms with van der Waals surface area (Å²) in [5.74, 6) is -1.07. The van der Waals surface area contributed by atoms with Crippen LogP contribution >= 0.6 is 0 Å². The van der Waals surface area contributed by atoms with Gasteiger partial charge in [0.25, 0.3) is 5.91 Å². The molecule has 2 aromatic heterocycles. The Hall–Kier alpha value is -4.29. The van der Waals surface area contributed by atoms with E-state index in [2.05, 4.69) is 20.2 Å². The summed E-state index contributed by atoms with van der Waals surface area (Å²) >= 11 is 0. The zero-order valence-electron chi connectivity index (χ0n) is 18.6. The predicted octanol–water partition coefficient (Wildman–Crippen LogP) is 0.583. The molecule has 4 rings (SSSR count). The third-order valence-electron chi connectivity index (χ3n) is 5.56. The predicted molar refractivity (Wildman–Crippen MR) is 115 cm³/mol. The van der Waals surface area contributed by atoms with Gasteiger partial charge < -0.3 is 24.8 Å². The molecule has 178 valence electrons. The standard InChI is InChI=1S/C21H23N7O6/c1-32-16-9-12(18(33-2)26-25-16)20(30)34-15-5-3-4-8-27-17(29)10-14(13-6-7-23-11-24-13)28(19(15)27)21(22)31/h6-7,9-11,15,19H,3-5,8H2,1-2H3,(H2,22,31). The number of ether oxygens (including phenoxy) is 3. The summed E-state index contributed by atoms with van der Waals surface area (Å²) in [5, 5.41) is 7.60. The van der Waals surface area contributed by atoms with Crippen LogP contribution in [0.2, 0.25) is 0 Å². The highest BCUT2D eigenvalue weighted by atomic mass is 16.5. The van der Waals surface area contributed by atoms with Gasteiger partial charge in [0.05, 0.1) is 25.6 Å². The van der Waals surface area contributed by atoms with Gasteiger partial charge in [0.15, 0.2) is 6.17 Å². The summed E-state index contributed by atoms with van der Waals surface area (Å²) < 4.78 is 16.0. The smallest absolute Gasteiger partial charge is 0.344 e. The molecule has 2 unspecified atom stereocenters. The van der Waals surface area contributed by atoms with E-state index in [0.717, 1.165) is 0 Å². The minimum absolute atomic E-state index is 0.00975. The number of aromatic nitrogens is 4. The van der Waals surface area contributed by atoms with Gasteiger partial charge in [0.2, 0.25) is 11.8 Å². The maximum atomic E-state index is 13.2. The second-order valence-electron chi connectivity index (χ2n) is 7.53. The first-order chi connectivity index (χ1) is 16.4. The minimum Gasteiger partial charge on any atom is -0.480 e. The minimum atomic E-state index is -0.964. The van der Waals surface area contributed by atoms with Crippen molar-refractivity contribution in [1.29, 1.82) is 0 Å². The van der Waals surface area contributed by atoms with Gasteiger partial charge in [0.1, 0.15) is 18.0 Å². The van der Waals surface area contributed by atoms with Gasteiger partial charge in [0, 0.05) is 24.9 Å². The summed E-state index contributed by atoms with van der Waals surface area (Å²) in [6, 6.07) is 2.08. The average Bonchev–Trinajstić information content (AvgIpc) is 3.06. The monoisotopic (exact) mass is 469 g/mol. The Balaban J connectivity index is 1.72. The fourth-order valence-corrected chi connectivity index (χ4v) is 4.04. The number of fused-ring (bicyclic) bond motifs is 1. The molecule has 2 aliphatic heterocycles. The lowest BCUT2D eigenvalue weighted by Crippen LogP contribution is -2.61. The van der Waals surface area contributed by atoms with Crippen LogP contribution in [0.1, 0.15) is 35.3 Å². The van der Waals surface area contributed by atoms with Crippen LogP contribution in [0.5, 0.6) is 11.8 Å². The van der Waals surface area contributed by atoms with Gasteiger partial charge in [-0.1, -0.05) is 0 Å². The van der Waals surface area contributed by atoms with Gasteiger partial charge >= 0.3 is 12.0 Å². The van der Waals surface area contributed by atoms with Gasteiger partial charge in [-0.3, -0.25) is 9.69 Å². The van der Waals surface area contributed by atoms with E-state index in [1.807, 2.05) is 0 Å². The number of methoxy groups -OCH3 is 2. The van der Waals surface area contributed by atoms with Crippen molar-refractivity contribution in [2.24, 2.45) is 5.73 Å². The number of amides is 3. The number of nitrogens with zero attached hydrogens (tertiary/aromatic N) is 6. The summed E-state index contributed by atoms with van der Waals surface area (Å²) in [5.41, 5.74) is 6.28. The molecule has 34 heavy (non-hydrogen) atoms. The SMILES string of the molecule is COc1cc(C(=O)OC2CCCCN3C(=O)C=C(c4ccncn4)N(C(N)=O)C23)c(OC)nn1. The Morgan fingerprint density at radius 3 is 2.68 bits per heavy atom. The maximum absolute atomic E-state index is 13.2. The van der Waals surface area contributed by atoms with Gasteiger partial charge in [-0.25, -0.2) is 19.6 Å². The topological polar surface area (TPSA) is 163 Å². The lowest BCUT2D eigenvalue weighted by Gasteiger charge is -2.44. The number of rotatable bonds is 5. The van der Waals surface area contributed by atoms with Crippen LogP contribution in [0, 0.1) is 0 Å². The van der Waals surface area contributed by atoms with E-state index < -0.39 is 24.3 Å². The molecule has 0 aliphatic carbocycles. The third-order valence-corrected chi connectivity index (χ3v) is 5.56. The Morgan fingerprint density at radius 1 is 1.18 bits per heavy atom. The molecule has 0 radical (unpaired) electrons. The summed E-state index contributed by atoms with van der Waals surface area (Å²) in [7, 11) is 2.72. The molecule has 2 atom stereocenters.